The van der Waals surface area contributed by atoms with Gasteiger partial charge in [-0.15, -0.1) is 0 Å². The largest absolute Gasteiger partial charge is 0.379 e. The van der Waals surface area contributed by atoms with Gasteiger partial charge in [-0.1, -0.05) is 214 Å². The van der Waals surface area contributed by atoms with Gasteiger partial charge >= 0.3 is 19.8 Å². The minimum atomic E-state index is -2.65. The fourth-order valence-electron chi connectivity index (χ4n) is 15.2. The van der Waals surface area contributed by atoms with Crippen molar-refractivity contribution < 1.29 is 71.6 Å². The molecular weight excluding hydrogens is 1530 g/mol. The molecule has 0 saturated carbocycles. The van der Waals surface area contributed by atoms with E-state index in [1.165, 1.54) is 71.5 Å². The summed E-state index contributed by atoms with van der Waals surface area (Å²) in [5.74, 6) is -7.26. The zero-order valence-electron chi connectivity index (χ0n) is 81.3. The van der Waals surface area contributed by atoms with Gasteiger partial charge in [-0.3, -0.25) is 14.7 Å². The summed E-state index contributed by atoms with van der Waals surface area (Å²) in [4.78, 5) is 22.1. The molecule has 0 aromatic heterocycles. The van der Waals surface area contributed by atoms with Crippen LogP contribution in [0.15, 0.2) is 0 Å². The first-order chi connectivity index (χ1) is 52.5. The van der Waals surface area contributed by atoms with Crippen LogP contribution in [0.5, 0.6) is 0 Å². The van der Waals surface area contributed by atoms with Crippen LogP contribution in [-0.2, 0) is 18.9 Å². The number of alkyl halides is 12. The molecule has 8 saturated heterocycles. The first kappa shape index (κ1) is 118. The Hall–Kier alpha value is -1.40. The summed E-state index contributed by atoms with van der Waals surface area (Å²) in [6, 6.07) is 0. The summed E-state index contributed by atoms with van der Waals surface area (Å²) in [6.45, 7) is 82.6. The van der Waals surface area contributed by atoms with Crippen molar-refractivity contribution in [2.75, 3.05) is 218 Å². The van der Waals surface area contributed by atoms with Crippen LogP contribution in [-0.4, -0.2) is 316 Å². The lowest BCUT2D eigenvalue weighted by molar-refractivity contribution is -0.173. The van der Waals surface area contributed by atoms with E-state index in [1.807, 2.05) is 16.8 Å². The minimum absolute atomic E-state index is 0.0308. The third kappa shape index (κ3) is 77.9. The van der Waals surface area contributed by atoms with Gasteiger partial charge in [0.05, 0.1) is 51.7 Å². The molecule has 8 aliphatic heterocycles. The zero-order chi connectivity index (χ0) is 91.3. The van der Waals surface area contributed by atoms with Crippen molar-refractivity contribution in [3.05, 3.63) is 0 Å². The molecule has 0 radical (unpaired) electrons. The monoisotopic (exact) mass is 1710 g/mol. The van der Waals surface area contributed by atoms with Crippen molar-refractivity contribution in [2.24, 2.45) is 54.1 Å². The van der Waals surface area contributed by atoms with Crippen LogP contribution >= 0.6 is 0 Å². The fourth-order valence-corrected chi connectivity index (χ4v) is 15.2. The maximum absolute atomic E-state index is 12.8. The van der Waals surface area contributed by atoms with Crippen LogP contribution in [0.2, 0.25) is 0 Å². The number of piperidine rings is 3. The van der Waals surface area contributed by atoms with Crippen LogP contribution in [0.1, 0.15) is 272 Å². The molecule has 8 aliphatic rings. The quantitative estimate of drug-likeness (QED) is 0.122. The Bertz CT molecular complexity index is 2410. The molecule has 8 heterocycles. The van der Waals surface area contributed by atoms with Crippen molar-refractivity contribution in [1.82, 2.24) is 49.0 Å². The molecule has 0 N–H and O–H groups in total. The van der Waals surface area contributed by atoms with E-state index in [1.54, 1.807) is 4.90 Å². The van der Waals surface area contributed by atoms with Gasteiger partial charge in [0.1, 0.15) is 0 Å². The van der Waals surface area contributed by atoms with Crippen LogP contribution in [0, 0.1) is 54.1 Å². The fraction of sp³-hybridized carbons (Fsp3) is 1.00. The van der Waals surface area contributed by atoms with Crippen molar-refractivity contribution in [1.29, 1.82) is 0 Å². The van der Waals surface area contributed by atoms with Gasteiger partial charge < -0.3 is 53.2 Å². The van der Waals surface area contributed by atoms with Crippen molar-refractivity contribution >= 4 is 0 Å². The zero-order valence-corrected chi connectivity index (χ0v) is 81.3. The molecule has 8 rings (SSSR count). The van der Waals surface area contributed by atoms with E-state index < -0.39 is 37.6 Å². The average Bonchev–Trinajstić information content (AvgIpc) is 1.75. The van der Waals surface area contributed by atoms with Gasteiger partial charge in [0.25, 0.3) is 17.8 Å². The molecule has 26 heteroatoms. The molecule has 0 aromatic carbocycles. The number of hydrogen-bond donors (Lipinski definition) is 0. The number of likely N-dealkylation sites (tertiary alicyclic amines) is 7. The first-order valence-electron chi connectivity index (χ1n) is 44.2. The molecule has 0 bridgehead atoms. The number of halogens is 12. The number of ether oxygens (including phenoxy) is 4. The lowest BCUT2D eigenvalue weighted by Crippen LogP contribution is -2.57. The van der Waals surface area contributed by atoms with Crippen LogP contribution in [0.4, 0.5) is 52.7 Å². The second-order valence-electron chi connectivity index (χ2n) is 46.9. The average molecular weight is 1710 g/mol. The highest BCUT2D eigenvalue weighted by Crippen LogP contribution is 2.33. The van der Waals surface area contributed by atoms with Gasteiger partial charge in [0.2, 0.25) is 0 Å². The standard InChI is InChI=1S/C11H21F2NO.C10H19F2NO.C10H19F2N.C10H21N.C9H19F2NO.C9H17F2N.C9H19NO.C8H15F2N.C8H17N.C7H17N/c1-11(2,3)8-14-6-4-9(5-7-14)15-10(12)13;1-10(2,3)7-13-5-4-8(6-13)14-9(11)12;1-9(2,3)8-13-6-4-10(11,12)5-7-13;1-10(2,3)9-11-7-5-4-6-8-11;1-9(2,3)7-12(4)5-6-13-8(10)11;1-8(2,3)6-12-5-4-9(10,11)7-12;1-9(2,3)8-10-4-6-11-7-5-10;1-7(2,3)4-11-5-8(9,10)6-11;1-8(2,3)7-9-5-4-6-9;1-7(2,3)6-8(4)5/h9-10H,4-8H2,1-3H3;8-9H,4-7H2,1-3H3;4-8H2,1-3H3;4-9H2,1-3H3;8H,5-7H2,1-4H3;4-7H2,1-3H3;4-8H2,1-3H3;4-6H2,1-3H3;4-7H2,1-3H3;6H2,1-5H3. The lowest BCUT2D eigenvalue weighted by Gasteiger charge is -2.41. The van der Waals surface area contributed by atoms with E-state index >= 15 is 0 Å². The summed E-state index contributed by atoms with van der Waals surface area (Å²) < 4.78 is 165. The third-order valence-corrected chi connectivity index (χ3v) is 18.4. The molecule has 117 heavy (non-hydrogen) atoms. The Kier molecular flexibility index (Phi) is 54.2. The van der Waals surface area contributed by atoms with E-state index in [9.17, 15) is 52.7 Å². The summed E-state index contributed by atoms with van der Waals surface area (Å²) in [5, 5.41) is 0. The van der Waals surface area contributed by atoms with Crippen LogP contribution in [0.25, 0.3) is 0 Å². The van der Waals surface area contributed by atoms with E-state index in [0.29, 0.717) is 54.4 Å². The van der Waals surface area contributed by atoms with Crippen molar-refractivity contribution in [3.63, 3.8) is 0 Å². The molecule has 14 nitrogen and oxygen atoms in total. The Morgan fingerprint density at radius 3 is 0.932 bits per heavy atom. The van der Waals surface area contributed by atoms with Gasteiger partial charge in [0, 0.05) is 150 Å². The van der Waals surface area contributed by atoms with E-state index in [2.05, 4.69) is 270 Å². The molecule has 0 aliphatic carbocycles. The Labute approximate surface area is 711 Å². The summed E-state index contributed by atoms with van der Waals surface area (Å²) in [6.07, 6.45) is 7.41. The Balaban J connectivity index is 0. The summed E-state index contributed by atoms with van der Waals surface area (Å²) in [5.41, 5.74) is 3.03. The van der Waals surface area contributed by atoms with Crippen LogP contribution in [0.3, 0.4) is 0 Å². The highest BCUT2D eigenvalue weighted by Gasteiger charge is 2.45. The second-order valence-corrected chi connectivity index (χ2v) is 46.9. The van der Waals surface area contributed by atoms with Crippen LogP contribution < -0.4 is 0 Å². The van der Waals surface area contributed by atoms with Gasteiger partial charge in [-0.05, 0) is 140 Å². The molecular formula is C91H184F12N10O4. The number of nitrogens with zero attached hydrogens (tertiary/aromatic N) is 10. The number of morpholine rings is 1. The predicted molar refractivity (Wildman–Crippen MR) is 468 cm³/mol. The van der Waals surface area contributed by atoms with E-state index in [-0.39, 0.29) is 90.2 Å². The third-order valence-electron chi connectivity index (χ3n) is 18.4. The van der Waals surface area contributed by atoms with E-state index in [4.69, 9.17) is 4.74 Å². The number of likely N-dealkylation sites (N-methyl/N-ethyl adjacent to an activating group) is 1. The predicted octanol–water partition coefficient (Wildman–Crippen LogP) is 21.6. The van der Waals surface area contributed by atoms with Crippen molar-refractivity contribution in [2.45, 2.75) is 322 Å². The van der Waals surface area contributed by atoms with E-state index in [0.717, 1.165) is 111 Å². The molecule has 0 aromatic rings. The highest BCUT2D eigenvalue weighted by molar-refractivity contribution is 4.90. The van der Waals surface area contributed by atoms with Gasteiger partial charge in [-0.25, -0.2) is 26.3 Å². The summed E-state index contributed by atoms with van der Waals surface area (Å²) in [7, 11) is 6.11. The Morgan fingerprint density at radius 1 is 0.316 bits per heavy atom. The minimum Gasteiger partial charge on any atom is -0.379 e. The molecule has 1 unspecified atom stereocenters. The molecule has 1 atom stereocenters. The van der Waals surface area contributed by atoms with Gasteiger partial charge in [0.15, 0.2) is 0 Å². The Morgan fingerprint density at radius 2 is 0.615 bits per heavy atom. The number of rotatable bonds is 18. The SMILES string of the molecule is CC(C)(C)CN1CC(F)(F)C1.CC(C)(C)CN1CCC(F)(F)C1.CC(C)(C)CN1CCC(F)(F)CC1.CC(C)(C)CN1CCC(OC(F)F)C1.CC(C)(C)CN1CCC(OC(F)F)CC1.CC(C)(C)CN1CCC1.CC(C)(C)CN1CCCCC1.CC(C)(C)CN1CCOCC1.CN(C)CC(C)(C)C.CN(CCOC(F)F)CC(C)(C)C. The smallest absolute Gasteiger partial charge is 0.345 e. The lowest BCUT2D eigenvalue weighted by atomic mass is 9.94. The second kappa shape index (κ2) is 53.9. The highest BCUT2D eigenvalue weighted by atomic mass is 19.3. The topological polar surface area (TPSA) is 69.3 Å². The maximum atomic E-state index is 12.8. The summed E-state index contributed by atoms with van der Waals surface area (Å²) >= 11 is 0. The normalized spacial score (nSPS) is 21.4. The molecule has 0 spiro atoms. The maximum Gasteiger partial charge on any atom is 0.345 e. The molecule has 8 fully saturated rings. The molecule has 706 valence electrons. The first-order valence-corrected chi connectivity index (χ1v) is 44.2. The van der Waals surface area contributed by atoms with Crippen molar-refractivity contribution in [3.8, 4) is 0 Å². The van der Waals surface area contributed by atoms with Gasteiger partial charge in [-0.2, -0.15) is 26.3 Å². The number of hydrogen-bond acceptors (Lipinski definition) is 14. The molecule has 0 amide bonds.